The van der Waals surface area contributed by atoms with Crippen LogP contribution in [0.15, 0.2) is 0 Å². The van der Waals surface area contributed by atoms with Gasteiger partial charge in [0.15, 0.2) is 0 Å². The Labute approximate surface area is 74.2 Å². The molecule has 0 radical (unpaired) electrons. The number of nitrogens with one attached hydrogen (secondary N) is 2. The van der Waals surface area contributed by atoms with Gasteiger partial charge in [-0.1, -0.05) is 20.8 Å². The molecule has 1 saturated carbocycles. The summed E-state index contributed by atoms with van der Waals surface area (Å²) < 4.78 is 0. The second kappa shape index (κ2) is 1.86. The highest BCUT2D eigenvalue weighted by atomic mass is 15.1. The third-order valence-electron chi connectivity index (χ3n) is 4.16. The maximum absolute atomic E-state index is 7.67. The van der Waals surface area contributed by atoms with Gasteiger partial charge in [0.2, 0.25) is 0 Å². The first-order chi connectivity index (χ1) is 5.39. The topological polar surface area (TPSA) is 35.9 Å². The van der Waals surface area contributed by atoms with E-state index < -0.39 is 0 Å². The Balaban J connectivity index is 2.29. The average molecular weight is 166 g/mol. The van der Waals surface area contributed by atoms with E-state index in [-0.39, 0.29) is 5.54 Å². The van der Waals surface area contributed by atoms with Crippen molar-refractivity contribution >= 4 is 5.84 Å². The molecule has 12 heavy (non-hydrogen) atoms. The van der Waals surface area contributed by atoms with Crippen molar-refractivity contribution in [3.05, 3.63) is 0 Å². The Bertz CT molecular complexity index is 244. The lowest BCUT2D eigenvalue weighted by Crippen LogP contribution is -2.43. The second-order valence-electron chi connectivity index (χ2n) is 5.19. The molecule has 0 spiro atoms. The summed E-state index contributed by atoms with van der Waals surface area (Å²) in [7, 11) is 0. The molecule has 1 unspecified atom stereocenters. The normalized spacial score (nSPS) is 49.5. The van der Waals surface area contributed by atoms with Crippen molar-refractivity contribution < 1.29 is 0 Å². The number of hydrogen-bond acceptors (Lipinski definition) is 1. The van der Waals surface area contributed by atoms with E-state index in [1.165, 1.54) is 0 Å². The standard InChI is InChI=1S/C10H18N2/c1-6-5-7(11)12-10(4)8(6)9(10,2)3/h6,8H,5H2,1-4H3,(H2,11,12)/t6?,8-,10+/m1/s1. The Morgan fingerprint density at radius 3 is 2.50 bits per heavy atom. The van der Waals surface area contributed by atoms with Crippen LogP contribution in [0.4, 0.5) is 0 Å². The van der Waals surface area contributed by atoms with Crippen LogP contribution in [0.1, 0.15) is 34.1 Å². The highest BCUT2D eigenvalue weighted by molar-refractivity contribution is 5.82. The maximum Gasteiger partial charge on any atom is 0.0938 e. The van der Waals surface area contributed by atoms with Crippen LogP contribution in [0.3, 0.4) is 0 Å². The van der Waals surface area contributed by atoms with Crippen molar-refractivity contribution in [2.45, 2.75) is 39.7 Å². The van der Waals surface area contributed by atoms with Gasteiger partial charge in [0.25, 0.3) is 0 Å². The largest absolute Gasteiger partial charge is 0.368 e. The lowest BCUT2D eigenvalue weighted by Gasteiger charge is -2.26. The summed E-state index contributed by atoms with van der Waals surface area (Å²) in [6.07, 6.45) is 0.934. The number of fused-ring (bicyclic) bond motifs is 1. The van der Waals surface area contributed by atoms with E-state index >= 15 is 0 Å². The zero-order valence-corrected chi connectivity index (χ0v) is 8.36. The predicted molar refractivity (Wildman–Crippen MR) is 50.3 cm³/mol. The molecule has 2 rings (SSSR count). The summed E-state index contributed by atoms with van der Waals surface area (Å²) in [6.45, 7) is 9.13. The first-order valence-electron chi connectivity index (χ1n) is 4.75. The Kier molecular flexibility index (Phi) is 1.25. The molecule has 2 fully saturated rings. The Morgan fingerprint density at radius 2 is 2.00 bits per heavy atom. The molecule has 0 bridgehead atoms. The summed E-state index contributed by atoms with van der Waals surface area (Å²) in [4.78, 5) is 0. The second-order valence-corrected chi connectivity index (χ2v) is 5.19. The highest BCUT2D eigenvalue weighted by Gasteiger charge is 2.71. The first-order valence-corrected chi connectivity index (χ1v) is 4.75. The molecule has 3 atom stereocenters. The van der Waals surface area contributed by atoms with Gasteiger partial charge in [0.05, 0.1) is 5.84 Å². The summed E-state index contributed by atoms with van der Waals surface area (Å²) in [5.41, 5.74) is 0.594. The van der Waals surface area contributed by atoms with Gasteiger partial charge in [-0.3, -0.25) is 5.41 Å². The fraction of sp³-hybridized carbons (Fsp3) is 0.900. The average Bonchev–Trinajstić information content (AvgIpc) is 2.24. The van der Waals surface area contributed by atoms with Crippen molar-refractivity contribution in [2.24, 2.45) is 17.3 Å². The molecule has 0 aromatic heterocycles. The van der Waals surface area contributed by atoms with Crippen LogP contribution in [0.25, 0.3) is 0 Å². The third-order valence-corrected chi connectivity index (χ3v) is 4.16. The fourth-order valence-corrected chi connectivity index (χ4v) is 3.35. The van der Waals surface area contributed by atoms with Crippen LogP contribution in [-0.4, -0.2) is 11.4 Å². The molecule has 0 aromatic carbocycles. The number of piperidine rings is 1. The lowest BCUT2D eigenvalue weighted by atomic mass is 9.93. The number of rotatable bonds is 0. The van der Waals surface area contributed by atoms with E-state index in [0.29, 0.717) is 11.3 Å². The molecule has 68 valence electrons. The van der Waals surface area contributed by atoms with Gasteiger partial charge >= 0.3 is 0 Å². The van der Waals surface area contributed by atoms with E-state index in [1.54, 1.807) is 0 Å². The molecule has 2 N–H and O–H groups in total. The monoisotopic (exact) mass is 166 g/mol. The van der Waals surface area contributed by atoms with Gasteiger partial charge < -0.3 is 5.32 Å². The number of hydrogen-bond donors (Lipinski definition) is 2. The van der Waals surface area contributed by atoms with Gasteiger partial charge in [-0.05, 0) is 24.2 Å². The van der Waals surface area contributed by atoms with Crippen molar-refractivity contribution in [3.8, 4) is 0 Å². The molecule has 1 saturated heterocycles. The minimum Gasteiger partial charge on any atom is -0.368 e. The van der Waals surface area contributed by atoms with Gasteiger partial charge in [-0.2, -0.15) is 0 Å². The first kappa shape index (κ1) is 8.09. The molecule has 0 amide bonds. The molecular weight excluding hydrogens is 148 g/mol. The smallest absolute Gasteiger partial charge is 0.0938 e. The predicted octanol–water partition coefficient (Wildman–Crippen LogP) is 2.01. The molecular formula is C10H18N2. The molecule has 2 aliphatic rings. The highest BCUT2D eigenvalue weighted by Crippen LogP contribution is 2.66. The third kappa shape index (κ3) is 0.686. The fourth-order valence-electron chi connectivity index (χ4n) is 3.35. The zero-order valence-electron chi connectivity index (χ0n) is 8.36. The van der Waals surface area contributed by atoms with Crippen molar-refractivity contribution in [2.75, 3.05) is 0 Å². The van der Waals surface area contributed by atoms with E-state index in [9.17, 15) is 0 Å². The molecule has 2 heteroatoms. The van der Waals surface area contributed by atoms with Crippen LogP contribution >= 0.6 is 0 Å². The van der Waals surface area contributed by atoms with Crippen LogP contribution < -0.4 is 5.32 Å². The molecule has 2 nitrogen and oxygen atoms in total. The van der Waals surface area contributed by atoms with E-state index in [2.05, 4.69) is 33.0 Å². The summed E-state index contributed by atoms with van der Waals surface area (Å²) in [5.74, 6) is 2.17. The summed E-state index contributed by atoms with van der Waals surface area (Å²) in [6, 6.07) is 0. The van der Waals surface area contributed by atoms with Gasteiger partial charge in [0.1, 0.15) is 0 Å². The van der Waals surface area contributed by atoms with Crippen LogP contribution in [0.5, 0.6) is 0 Å². The van der Waals surface area contributed by atoms with Crippen molar-refractivity contribution in [1.82, 2.24) is 5.32 Å². The van der Waals surface area contributed by atoms with Gasteiger partial charge in [0, 0.05) is 12.0 Å². The quantitative estimate of drug-likeness (QED) is 0.567. The van der Waals surface area contributed by atoms with Crippen molar-refractivity contribution in [1.29, 1.82) is 5.41 Å². The van der Waals surface area contributed by atoms with Gasteiger partial charge in [-0.25, -0.2) is 0 Å². The molecule has 1 aliphatic heterocycles. The molecule has 1 aliphatic carbocycles. The number of amidine groups is 1. The van der Waals surface area contributed by atoms with E-state index in [0.717, 1.165) is 18.2 Å². The maximum atomic E-state index is 7.67. The SMILES string of the molecule is CC1CC(=N)N[C@@]2(C)[C@H]1C2(C)C. The molecule has 1 heterocycles. The van der Waals surface area contributed by atoms with Crippen LogP contribution in [-0.2, 0) is 0 Å². The Hall–Kier alpha value is -0.530. The lowest BCUT2D eigenvalue weighted by molar-refractivity contribution is 0.408. The minimum absolute atomic E-state index is 0.210. The van der Waals surface area contributed by atoms with E-state index in [1.807, 2.05) is 0 Å². The summed E-state index contributed by atoms with van der Waals surface area (Å²) >= 11 is 0. The molecule has 0 aromatic rings. The zero-order chi connectivity index (χ0) is 9.15. The Morgan fingerprint density at radius 1 is 1.42 bits per heavy atom. The minimum atomic E-state index is 0.210. The van der Waals surface area contributed by atoms with Crippen molar-refractivity contribution in [3.63, 3.8) is 0 Å². The van der Waals surface area contributed by atoms with Crippen LogP contribution in [0.2, 0.25) is 0 Å². The van der Waals surface area contributed by atoms with Gasteiger partial charge in [-0.15, -0.1) is 0 Å². The summed E-state index contributed by atoms with van der Waals surface area (Å²) in [5, 5.41) is 11.0. The van der Waals surface area contributed by atoms with E-state index in [4.69, 9.17) is 5.41 Å². The van der Waals surface area contributed by atoms with Crippen LogP contribution in [0, 0.1) is 22.7 Å².